The van der Waals surface area contributed by atoms with Gasteiger partial charge in [-0.1, -0.05) is 54.1 Å². The molecule has 0 saturated carbocycles. The van der Waals surface area contributed by atoms with Crippen molar-refractivity contribution < 1.29 is 13.6 Å². The minimum atomic E-state index is -0.668. The number of nitrogens with zero attached hydrogens (tertiary/aromatic N) is 1. The Hall–Kier alpha value is -3.21. The van der Waals surface area contributed by atoms with E-state index >= 15 is 0 Å². The Morgan fingerprint density at radius 2 is 1.79 bits per heavy atom. The van der Waals surface area contributed by atoms with Crippen molar-refractivity contribution in [1.29, 1.82) is 0 Å². The summed E-state index contributed by atoms with van der Waals surface area (Å²) in [6.45, 7) is 2.49. The second kappa shape index (κ2) is 7.43. The van der Waals surface area contributed by atoms with Gasteiger partial charge in [0.05, 0.1) is 11.7 Å². The predicted molar refractivity (Wildman–Crippen MR) is 105 cm³/mol. The third kappa shape index (κ3) is 3.48. The maximum atomic E-state index is 14.0. The van der Waals surface area contributed by atoms with E-state index in [2.05, 4.69) is 11.4 Å². The van der Waals surface area contributed by atoms with Crippen LogP contribution in [0, 0.1) is 18.6 Å². The number of benzene rings is 3. The first-order chi connectivity index (χ1) is 13.5. The molecule has 28 heavy (non-hydrogen) atoms. The highest BCUT2D eigenvalue weighted by Crippen LogP contribution is 2.35. The second-order valence-corrected chi connectivity index (χ2v) is 7.01. The molecule has 0 aliphatic carbocycles. The van der Waals surface area contributed by atoms with Gasteiger partial charge in [-0.05, 0) is 42.2 Å². The first kappa shape index (κ1) is 18.2. The minimum absolute atomic E-state index is 0.161. The molecule has 1 atom stereocenters. The lowest BCUT2D eigenvalue weighted by Crippen LogP contribution is -2.43. The Bertz CT molecular complexity index is 1020. The molecule has 3 nitrogen and oxygen atoms in total. The fraction of sp³-hybridized carbons (Fsp3) is 0.174. The fourth-order valence-electron chi connectivity index (χ4n) is 3.67. The van der Waals surface area contributed by atoms with Gasteiger partial charge in [0.2, 0.25) is 0 Å². The molecular weight excluding hydrogens is 358 g/mol. The van der Waals surface area contributed by atoms with Gasteiger partial charge in [-0.25, -0.2) is 13.6 Å². The fourth-order valence-corrected chi connectivity index (χ4v) is 3.67. The van der Waals surface area contributed by atoms with Gasteiger partial charge in [-0.2, -0.15) is 0 Å². The molecule has 1 aliphatic rings. The van der Waals surface area contributed by atoms with Gasteiger partial charge in [-0.15, -0.1) is 0 Å². The van der Waals surface area contributed by atoms with Crippen LogP contribution in [-0.2, 0) is 6.42 Å². The molecule has 0 spiro atoms. The van der Waals surface area contributed by atoms with Gasteiger partial charge in [0, 0.05) is 12.6 Å². The molecule has 3 aromatic rings. The molecule has 0 bridgehead atoms. The van der Waals surface area contributed by atoms with Gasteiger partial charge in [0.1, 0.15) is 11.6 Å². The standard InChI is InChI=1S/C23H20F2N2O/c1-15-6-8-17(9-7-15)22-19-5-3-2-4-16(19)12-13-27(22)23(28)26-21-14-18(24)10-11-20(21)25/h2-11,14,22H,12-13H2,1H3,(H,26,28)/t22-/m0/s1. The van der Waals surface area contributed by atoms with E-state index in [0.717, 1.165) is 34.9 Å². The first-order valence-corrected chi connectivity index (χ1v) is 9.20. The summed E-state index contributed by atoms with van der Waals surface area (Å²) in [4.78, 5) is 14.7. The number of hydrogen-bond acceptors (Lipinski definition) is 1. The second-order valence-electron chi connectivity index (χ2n) is 7.01. The quantitative estimate of drug-likeness (QED) is 0.632. The summed E-state index contributed by atoms with van der Waals surface area (Å²) in [7, 11) is 0. The van der Waals surface area contributed by atoms with Crippen LogP contribution < -0.4 is 5.32 Å². The summed E-state index contributed by atoms with van der Waals surface area (Å²) in [5, 5.41) is 2.53. The van der Waals surface area contributed by atoms with E-state index in [1.165, 1.54) is 5.56 Å². The smallest absolute Gasteiger partial charge is 0.313 e. The molecule has 2 amide bonds. The maximum Gasteiger partial charge on any atom is 0.322 e. The average Bonchev–Trinajstić information content (AvgIpc) is 2.70. The molecule has 0 fully saturated rings. The number of hydrogen-bond donors (Lipinski definition) is 1. The lowest BCUT2D eigenvalue weighted by atomic mass is 9.88. The largest absolute Gasteiger partial charge is 0.322 e. The number of halogens is 2. The number of amides is 2. The van der Waals surface area contributed by atoms with Crippen LogP contribution in [0.3, 0.4) is 0 Å². The Morgan fingerprint density at radius 1 is 1.04 bits per heavy atom. The Balaban J connectivity index is 1.71. The summed E-state index contributed by atoms with van der Waals surface area (Å²) < 4.78 is 27.5. The van der Waals surface area contributed by atoms with Crippen LogP contribution in [0.5, 0.6) is 0 Å². The van der Waals surface area contributed by atoms with E-state index in [9.17, 15) is 13.6 Å². The number of carbonyl (C=O) groups excluding carboxylic acids is 1. The zero-order valence-corrected chi connectivity index (χ0v) is 15.5. The van der Waals surface area contributed by atoms with Crippen molar-refractivity contribution >= 4 is 11.7 Å². The van der Waals surface area contributed by atoms with Crippen LogP contribution in [0.1, 0.15) is 28.3 Å². The summed E-state index contributed by atoms with van der Waals surface area (Å²) in [5.74, 6) is -1.27. The predicted octanol–water partition coefficient (Wildman–Crippen LogP) is 5.45. The van der Waals surface area contributed by atoms with Crippen molar-refractivity contribution in [2.75, 3.05) is 11.9 Å². The molecule has 1 heterocycles. The Kier molecular flexibility index (Phi) is 4.82. The average molecular weight is 378 g/mol. The first-order valence-electron chi connectivity index (χ1n) is 9.20. The third-order valence-corrected chi connectivity index (χ3v) is 5.11. The van der Waals surface area contributed by atoms with Crippen molar-refractivity contribution in [2.45, 2.75) is 19.4 Å². The van der Waals surface area contributed by atoms with Gasteiger partial charge in [0.15, 0.2) is 0 Å². The monoisotopic (exact) mass is 378 g/mol. The molecule has 0 radical (unpaired) electrons. The lowest BCUT2D eigenvalue weighted by molar-refractivity contribution is 0.194. The highest BCUT2D eigenvalue weighted by Gasteiger charge is 2.32. The van der Waals surface area contributed by atoms with Gasteiger partial charge in [-0.3, -0.25) is 0 Å². The summed E-state index contributed by atoms with van der Waals surface area (Å²) in [6.07, 6.45) is 0.706. The van der Waals surface area contributed by atoms with Crippen LogP contribution in [0.4, 0.5) is 19.3 Å². The zero-order chi connectivity index (χ0) is 19.7. The van der Waals surface area contributed by atoms with Crippen LogP contribution >= 0.6 is 0 Å². The van der Waals surface area contributed by atoms with E-state index in [4.69, 9.17) is 0 Å². The van der Waals surface area contributed by atoms with Gasteiger partial charge >= 0.3 is 6.03 Å². The molecule has 1 aliphatic heterocycles. The normalized spacial score (nSPS) is 15.8. The third-order valence-electron chi connectivity index (χ3n) is 5.11. The minimum Gasteiger partial charge on any atom is -0.313 e. The molecule has 1 N–H and O–H groups in total. The summed E-state index contributed by atoms with van der Waals surface area (Å²) in [5.41, 5.74) is 4.19. The molecule has 3 aromatic carbocycles. The number of carbonyl (C=O) groups is 1. The van der Waals surface area contributed by atoms with Crippen LogP contribution in [-0.4, -0.2) is 17.5 Å². The molecule has 0 unspecified atom stereocenters. The topological polar surface area (TPSA) is 32.3 Å². The summed E-state index contributed by atoms with van der Waals surface area (Å²) >= 11 is 0. The Labute approximate surface area is 162 Å². The number of fused-ring (bicyclic) bond motifs is 1. The number of anilines is 1. The van der Waals surface area contributed by atoms with E-state index in [-0.39, 0.29) is 11.7 Å². The highest BCUT2D eigenvalue weighted by molar-refractivity contribution is 5.90. The lowest BCUT2D eigenvalue weighted by Gasteiger charge is -2.37. The maximum absolute atomic E-state index is 14.0. The summed E-state index contributed by atoms with van der Waals surface area (Å²) in [6, 6.07) is 18.3. The molecule has 0 saturated heterocycles. The van der Waals surface area contributed by atoms with Crippen molar-refractivity contribution in [1.82, 2.24) is 4.90 Å². The van der Waals surface area contributed by atoms with E-state index < -0.39 is 17.7 Å². The number of urea groups is 1. The molecule has 142 valence electrons. The van der Waals surface area contributed by atoms with Crippen molar-refractivity contribution in [3.05, 3.63) is 101 Å². The van der Waals surface area contributed by atoms with Crippen molar-refractivity contribution in [3.63, 3.8) is 0 Å². The van der Waals surface area contributed by atoms with Crippen LogP contribution in [0.2, 0.25) is 0 Å². The molecule has 5 heteroatoms. The van der Waals surface area contributed by atoms with E-state index in [1.54, 1.807) is 4.90 Å². The van der Waals surface area contributed by atoms with Crippen molar-refractivity contribution in [2.24, 2.45) is 0 Å². The molecular formula is C23H20F2N2O. The van der Waals surface area contributed by atoms with Gasteiger partial charge in [0.25, 0.3) is 0 Å². The van der Waals surface area contributed by atoms with Gasteiger partial charge < -0.3 is 10.2 Å². The molecule has 0 aromatic heterocycles. The number of nitrogens with one attached hydrogen (secondary N) is 1. The zero-order valence-electron chi connectivity index (χ0n) is 15.5. The van der Waals surface area contributed by atoms with Crippen LogP contribution in [0.25, 0.3) is 0 Å². The number of aryl methyl sites for hydroxylation is 1. The Morgan fingerprint density at radius 3 is 2.57 bits per heavy atom. The molecule has 4 rings (SSSR count). The highest BCUT2D eigenvalue weighted by atomic mass is 19.1. The number of rotatable bonds is 2. The SMILES string of the molecule is Cc1ccc([C@H]2c3ccccc3CCN2C(=O)Nc2cc(F)ccc2F)cc1. The van der Waals surface area contributed by atoms with Crippen LogP contribution in [0.15, 0.2) is 66.7 Å². The van der Waals surface area contributed by atoms with E-state index in [0.29, 0.717) is 13.0 Å². The van der Waals surface area contributed by atoms with Crippen molar-refractivity contribution in [3.8, 4) is 0 Å². The van der Waals surface area contributed by atoms with E-state index in [1.807, 2.05) is 49.4 Å².